The van der Waals surface area contributed by atoms with Crippen LogP contribution in [0.25, 0.3) is 82.5 Å². The van der Waals surface area contributed by atoms with Gasteiger partial charge < -0.3 is 13.9 Å². The first-order valence-corrected chi connectivity index (χ1v) is 18.8. The van der Waals surface area contributed by atoms with Crippen molar-refractivity contribution in [1.82, 2.24) is 4.57 Å². The van der Waals surface area contributed by atoms with Gasteiger partial charge in [-0.05, 0) is 59.3 Å². The van der Waals surface area contributed by atoms with Crippen molar-refractivity contribution < 1.29 is 4.42 Å². The zero-order chi connectivity index (χ0) is 36.3. The van der Waals surface area contributed by atoms with E-state index in [0.29, 0.717) is 0 Å². The molecule has 0 bridgehead atoms. The summed E-state index contributed by atoms with van der Waals surface area (Å²) in [6, 6.07) is 74.0. The third-order valence-electron chi connectivity index (χ3n) is 11.0. The van der Waals surface area contributed by atoms with E-state index >= 15 is 0 Å². The van der Waals surface area contributed by atoms with Gasteiger partial charge in [0.1, 0.15) is 11.2 Å². The lowest BCUT2D eigenvalue weighted by Gasteiger charge is -2.30. The third-order valence-corrected chi connectivity index (χ3v) is 11.0. The van der Waals surface area contributed by atoms with Crippen molar-refractivity contribution in [3.63, 3.8) is 0 Å². The molecule has 3 nitrogen and oxygen atoms in total. The number of aromatic nitrogens is 1. The molecule has 0 fully saturated rings. The van der Waals surface area contributed by atoms with E-state index < -0.39 is 0 Å². The highest BCUT2D eigenvalue weighted by molar-refractivity contribution is 6.12. The second-order valence-electron chi connectivity index (χ2n) is 14.1. The highest BCUT2D eigenvalue weighted by atomic mass is 16.3. The number of anilines is 3. The quantitative estimate of drug-likeness (QED) is 0.172. The zero-order valence-electron chi connectivity index (χ0n) is 29.9. The number of furan rings is 1. The predicted molar refractivity (Wildman–Crippen MR) is 231 cm³/mol. The van der Waals surface area contributed by atoms with Gasteiger partial charge in [0.15, 0.2) is 0 Å². The Labute approximate surface area is 318 Å². The standard InChI is InChI=1S/C52H34N2O/c1-2-17-36-34-37(33-32-35(36)16-1)53(47-27-10-7-22-42(47)44-24-15-25-45-43-23-8-14-31-51(43)55-52(44)45)46-26-9-3-18-38(46)39-19-4-11-28-48(39)54-49-29-12-5-20-40(49)41-21-6-13-30-50(41)54/h1-34H. The molecule has 0 radical (unpaired) electrons. The topological polar surface area (TPSA) is 21.3 Å². The molecule has 258 valence electrons. The maximum absolute atomic E-state index is 6.64. The zero-order valence-corrected chi connectivity index (χ0v) is 29.9. The van der Waals surface area contributed by atoms with Crippen LogP contribution in [0.2, 0.25) is 0 Å². The molecule has 11 aromatic rings. The van der Waals surface area contributed by atoms with E-state index in [1.54, 1.807) is 0 Å². The normalized spacial score (nSPS) is 11.6. The van der Waals surface area contributed by atoms with E-state index in [9.17, 15) is 0 Å². The number of rotatable bonds is 6. The fraction of sp³-hybridized carbons (Fsp3) is 0. The maximum Gasteiger partial charge on any atom is 0.143 e. The van der Waals surface area contributed by atoms with Crippen LogP contribution in [0.4, 0.5) is 17.1 Å². The summed E-state index contributed by atoms with van der Waals surface area (Å²) in [5.41, 5.74) is 12.9. The molecule has 0 spiro atoms. The van der Waals surface area contributed by atoms with Gasteiger partial charge in [-0.2, -0.15) is 0 Å². The SMILES string of the molecule is c1ccc(N(c2ccc3ccccc3c2)c2ccccc2-c2cccc3c2oc2ccccc23)c(-c2ccccc2-n2c3ccccc3c3ccccc32)c1. The molecule has 3 heteroatoms. The minimum atomic E-state index is 0.889. The first-order valence-electron chi connectivity index (χ1n) is 18.8. The third kappa shape index (κ3) is 4.98. The molecule has 9 aromatic carbocycles. The molecule has 0 aliphatic heterocycles. The first kappa shape index (κ1) is 31.2. The average molecular weight is 703 g/mol. The largest absolute Gasteiger partial charge is 0.455 e. The Kier molecular flexibility index (Phi) is 7.17. The molecule has 0 saturated carbocycles. The molecule has 0 saturated heterocycles. The Morgan fingerprint density at radius 3 is 1.64 bits per heavy atom. The number of fused-ring (bicyclic) bond motifs is 7. The molecular weight excluding hydrogens is 669 g/mol. The van der Waals surface area contributed by atoms with Gasteiger partial charge in [0, 0.05) is 49.5 Å². The Bertz CT molecular complexity index is 3190. The second-order valence-corrected chi connectivity index (χ2v) is 14.1. The molecule has 0 aliphatic rings. The van der Waals surface area contributed by atoms with Crippen molar-refractivity contribution in [3.8, 4) is 27.9 Å². The number of benzene rings is 9. The van der Waals surface area contributed by atoms with Crippen molar-refractivity contribution in [3.05, 3.63) is 206 Å². The summed E-state index contributed by atoms with van der Waals surface area (Å²) in [4.78, 5) is 2.43. The number of para-hydroxylation sites is 7. The van der Waals surface area contributed by atoms with E-state index in [-0.39, 0.29) is 0 Å². The van der Waals surface area contributed by atoms with Crippen molar-refractivity contribution in [2.75, 3.05) is 4.90 Å². The number of hydrogen-bond acceptors (Lipinski definition) is 2. The number of hydrogen-bond donors (Lipinski definition) is 0. The lowest BCUT2D eigenvalue weighted by atomic mass is 9.96. The van der Waals surface area contributed by atoms with Crippen LogP contribution in [-0.4, -0.2) is 4.57 Å². The minimum absolute atomic E-state index is 0.889. The van der Waals surface area contributed by atoms with Gasteiger partial charge in [0.2, 0.25) is 0 Å². The van der Waals surface area contributed by atoms with Crippen LogP contribution in [-0.2, 0) is 0 Å². The number of nitrogens with zero attached hydrogens (tertiary/aromatic N) is 2. The van der Waals surface area contributed by atoms with Crippen LogP contribution < -0.4 is 4.90 Å². The second kappa shape index (κ2) is 12.6. The summed E-state index contributed by atoms with van der Waals surface area (Å²) in [7, 11) is 0. The summed E-state index contributed by atoms with van der Waals surface area (Å²) in [6.07, 6.45) is 0. The Morgan fingerprint density at radius 1 is 0.364 bits per heavy atom. The molecule has 11 rings (SSSR count). The minimum Gasteiger partial charge on any atom is -0.455 e. The van der Waals surface area contributed by atoms with Gasteiger partial charge in [-0.15, -0.1) is 0 Å². The summed E-state index contributed by atoms with van der Waals surface area (Å²) in [5.74, 6) is 0. The molecule has 0 N–H and O–H groups in total. The Morgan fingerprint density at radius 2 is 0.891 bits per heavy atom. The summed E-state index contributed by atoms with van der Waals surface area (Å²) in [6.45, 7) is 0. The lowest BCUT2D eigenvalue weighted by molar-refractivity contribution is 0.670. The van der Waals surface area contributed by atoms with Crippen LogP contribution in [0, 0.1) is 0 Å². The highest BCUT2D eigenvalue weighted by Crippen LogP contribution is 2.48. The smallest absolute Gasteiger partial charge is 0.143 e. The van der Waals surface area contributed by atoms with E-state index in [1.165, 1.54) is 32.6 Å². The van der Waals surface area contributed by atoms with Crippen molar-refractivity contribution >= 4 is 71.6 Å². The summed E-state index contributed by atoms with van der Waals surface area (Å²) >= 11 is 0. The fourth-order valence-corrected chi connectivity index (χ4v) is 8.55. The Balaban J connectivity index is 1.19. The van der Waals surface area contributed by atoms with E-state index in [2.05, 4.69) is 210 Å². The fourth-order valence-electron chi connectivity index (χ4n) is 8.55. The van der Waals surface area contributed by atoms with Crippen LogP contribution in [0.15, 0.2) is 211 Å². The first-order chi connectivity index (χ1) is 27.3. The molecule has 0 amide bonds. The Hall–Kier alpha value is -7.36. The van der Waals surface area contributed by atoms with Gasteiger partial charge in [-0.3, -0.25) is 0 Å². The summed E-state index contributed by atoms with van der Waals surface area (Å²) in [5, 5.41) is 7.11. The van der Waals surface area contributed by atoms with Gasteiger partial charge in [0.25, 0.3) is 0 Å². The van der Waals surface area contributed by atoms with Gasteiger partial charge in [-0.1, -0.05) is 158 Å². The van der Waals surface area contributed by atoms with Crippen molar-refractivity contribution in [1.29, 1.82) is 0 Å². The van der Waals surface area contributed by atoms with Crippen LogP contribution >= 0.6 is 0 Å². The monoisotopic (exact) mass is 702 g/mol. The molecule has 2 heterocycles. The van der Waals surface area contributed by atoms with Crippen molar-refractivity contribution in [2.45, 2.75) is 0 Å². The molecule has 0 unspecified atom stereocenters. The maximum atomic E-state index is 6.64. The molecule has 0 aliphatic carbocycles. The lowest BCUT2D eigenvalue weighted by Crippen LogP contribution is -2.13. The highest BCUT2D eigenvalue weighted by Gasteiger charge is 2.24. The molecule has 55 heavy (non-hydrogen) atoms. The van der Waals surface area contributed by atoms with Gasteiger partial charge in [-0.25, -0.2) is 0 Å². The van der Waals surface area contributed by atoms with E-state index in [4.69, 9.17) is 4.42 Å². The summed E-state index contributed by atoms with van der Waals surface area (Å²) < 4.78 is 9.06. The van der Waals surface area contributed by atoms with Crippen LogP contribution in [0.1, 0.15) is 0 Å². The predicted octanol–water partition coefficient (Wildman–Crippen LogP) is 14.6. The average Bonchev–Trinajstić information content (AvgIpc) is 3.80. The molecule has 2 aromatic heterocycles. The van der Waals surface area contributed by atoms with E-state index in [0.717, 1.165) is 66.9 Å². The van der Waals surface area contributed by atoms with E-state index in [1.807, 2.05) is 6.07 Å². The molecular formula is C52H34N2O. The van der Waals surface area contributed by atoms with Crippen LogP contribution in [0.5, 0.6) is 0 Å². The van der Waals surface area contributed by atoms with Gasteiger partial charge >= 0.3 is 0 Å². The molecule has 0 atom stereocenters. The van der Waals surface area contributed by atoms with Crippen LogP contribution in [0.3, 0.4) is 0 Å². The van der Waals surface area contributed by atoms with Crippen molar-refractivity contribution in [2.24, 2.45) is 0 Å². The van der Waals surface area contributed by atoms with Gasteiger partial charge in [0.05, 0.1) is 28.1 Å².